The Morgan fingerprint density at radius 3 is 0.744 bits per heavy atom. The Balaban J connectivity index is 0.00000800. The van der Waals surface area contributed by atoms with E-state index in [-0.39, 0.29) is 33.9 Å². The molecular formula is C36H60AlO2. The van der Waals surface area contributed by atoms with Gasteiger partial charge in [0.2, 0.25) is 0 Å². The summed E-state index contributed by atoms with van der Waals surface area (Å²) in [6.45, 7) is 41.1. The Kier molecular flexibility index (Phi) is 9.32. The first-order valence-corrected chi connectivity index (χ1v) is 15.6. The Labute approximate surface area is 250 Å². The normalized spacial score (nSPS) is 13.9. The molecule has 2 aromatic rings. The molecule has 0 saturated carbocycles. The first kappa shape index (κ1) is 33.8. The van der Waals surface area contributed by atoms with E-state index in [9.17, 15) is 0 Å². The standard InChI is InChI=1S/2C18H30O.Al.H2/c2*1-16(2,3)12-10-13(17(4,5)6)15(19)14(11-12)18(7,8)9;;/h2*10-11,19H,1-9H3;;1H/q;;+2;/p-2. The van der Waals surface area contributed by atoms with Crippen molar-refractivity contribution in [3.05, 3.63) is 57.6 Å². The van der Waals surface area contributed by atoms with Crippen molar-refractivity contribution in [1.29, 1.82) is 0 Å². The molecule has 0 N–H and O–H groups in total. The monoisotopic (exact) mass is 551 g/mol. The Morgan fingerprint density at radius 1 is 0.385 bits per heavy atom. The lowest BCUT2D eigenvalue weighted by atomic mass is 9.75. The molecule has 219 valence electrons. The van der Waals surface area contributed by atoms with Gasteiger partial charge in [-0.15, -0.1) is 0 Å². The van der Waals surface area contributed by atoms with Crippen LogP contribution in [0.1, 0.15) is 159 Å². The topological polar surface area (TPSA) is 18.5 Å². The van der Waals surface area contributed by atoms with Crippen molar-refractivity contribution in [1.82, 2.24) is 0 Å². The van der Waals surface area contributed by atoms with Crippen LogP contribution in [-0.2, 0) is 32.5 Å². The van der Waals surface area contributed by atoms with Crippen LogP contribution in [0.3, 0.4) is 0 Å². The van der Waals surface area contributed by atoms with E-state index >= 15 is 0 Å². The highest BCUT2D eigenvalue weighted by Crippen LogP contribution is 2.45. The lowest BCUT2D eigenvalue weighted by molar-refractivity contribution is 0.412. The summed E-state index contributed by atoms with van der Waals surface area (Å²) in [6, 6.07) is 9.46. The summed E-state index contributed by atoms with van der Waals surface area (Å²) in [5.74, 6) is 2.00. The largest absolute Gasteiger partial charge is 0.881 e. The fourth-order valence-corrected chi connectivity index (χ4v) is 5.47. The van der Waals surface area contributed by atoms with Crippen LogP contribution >= 0.6 is 0 Å². The summed E-state index contributed by atoms with van der Waals surface area (Å²) in [6.07, 6.45) is 0. The molecule has 0 bridgehead atoms. The average molecular weight is 552 g/mol. The van der Waals surface area contributed by atoms with Crippen molar-refractivity contribution >= 4 is 15.9 Å². The second-order valence-electron chi connectivity index (χ2n) is 17.6. The lowest BCUT2D eigenvalue weighted by Crippen LogP contribution is -2.27. The Morgan fingerprint density at radius 2 is 0.590 bits per heavy atom. The van der Waals surface area contributed by atoms with Gasteiger partial charge in [0.25, 0.3) is 0 Å². The number of rotatable bonds is 4. The zero-order chi connectivity index (χ0) is 30.6. The van der Waals surface area contributed by atoms with Gasteiger partial charge < -0.3 is 7.58 Å². The second-order valence-corrected chi connectivity index (χ2v) is 18.3. The Hall–Kier alpha value is -1.43. The number of benzene rings is 2. The van der Waals surface area contributed by atoms with Gasteiger partial charge in [-0.05, 0) is 65.9 Å². The van der Waals surface area contributed by atoms with Crippen molar-refractivity contribution < 1.29 is 9.00 Å². The zero-order valence-corrected chi connectivity index (χ0v) is 29.9. The van der Waals surface area contributed by atoms with Gasteiger partial charge in [-0.25, -0.2) is 0 Å². The van der Waals surface area contributed by atoms with E-state index < -0.39 is 15.9 Å². The Bertz CT molecular complexity index is 1000. The summed E-state index contributed by atoms with van der Waals surface area (Å²) in [5.41, 5.74) is 7.60. The fourth-order valence-electron chi connectivity index (χ4n) is 4.73. The molecule has 2 nitrogen and oxygen atoms in total. The highest BCUT2D eigenvalue weighted by atomic mass is 27.2. The van der Waals surface area contributed by atoms with E-state index in [4.69, 9.17) is 7.58 Å². The third-order valence-electron chi connectivity index (χ3n) is 7.47. The van der Waals surface area contributed by atoms with Gasteiger partial charge in [-0.1, -0.05) is 149 Å². The van der Waals surface area contributed by atoms with E-state index in [1.54, 1.807) is 0 Å². The summed E-state index contributed by atoms with van der Waals surface area (Å²) in [7, 11) is 0. The first-order chi connectivity index (χ1) is 17.1. The molecule has 0 aliphatic carbocycles. The van der Waals surface area contributed by atoms with Crippen LogP contribution in [0.2, 0.25) is 0 Å². The summed E-state index contributed by atoms with van der Waals surface area (Å²) < 4.78 is 13.6. The van der Waals surface area contributed by atoms with Gasteiger partial charge in [0.1, 0.15) is 0 Å². The van der Waals surface area contributed by atoms with E-state index in [1.807, 2.05) is 0 Å². The van der Waals surface area contributed by atoms with E-state index in [0.717, 1.165) is 11.5 Å². The molecule has 39 heavy (non-hydrogen) atoms. The SMILES string of the molecule is CC(C)(C)c1cc(C(C)(C)C)c([O][Al][O]c2c(C(C)(C)C)cc(C(C)(C)C)cc2C(C)(C)C)c(C(C)(C)C)c1.[HH]. The van der Waals surface area contributed by atoms with Crippen molar-refractivity contribution in [2.45, 2.75) is 157 Å². The molecule has 0 heterocycles. The smallest absolute Gasteiger partial charge is 0.615 e. The maximum absolute atomic E-state index is 6.79. The third kappa shape index (κ3) is 8.30. The van der Waals surface area contributed by atoms with Crippen molar-refractivity contribution in [3.63, 3.8) is 0 Å². The molecule has 3 heteroatoms. The van der Waals surface area contributed by atoms with Crippen LogP contribution in [0.25, 0.3) is 0 Å². The molecule has 0 unspecified atom stereocenters. The number of hydrogen-bond acceptors (Lipinski definition) is 2. The third-order valence-corrected chi connectivity index (χ3v) is 8.14. The van der Waals surface area contributed by atoms with Gasteiger partial charge in [0, 0.05) is 1.43 Å². The molecular weight excluding hydrogens is 491 g/mol. The van der Waals surface area contributed by atoms with Crippen LogP contribution < -0.4 is 7.58 Å². The predicted molar refractivity (Wildman–Crippen MR) is 174 cm³/mol. The molecule has 0 aromatic heterocycles. The molecule has 0 atom stereocenters. The van der Waals surface area contributed by atoms with Gasteiger partial charge in [0.15, 0.2) is 0 Å². The van der Waals surface area contributed by atoms with Crippen LogP contribution in [0, 0.1) is 0 Å². The molecule has 1 radical (unpaired) electrons. The van der Waals surface area contributed by atoms with Crippen molar-refractivity contribution in [2.24, 2.45) is 0 Å². The highest BCUT2D eigenvalue weighted by Gasteiger charge is 2.33. The van der Waals surface area contributed by atoms with E-state index in [2.05, 4.69) is 149 Å². The predicted octanol–water partition coefficient (Wildman–Crippen LogP) is 10.7. The molecule has 0 aliphatic heterocycles. The van der Waals surface area contributed by atoms with Gasteiger partial charge in [0.05, 0.1) is 11.5 Å². The molecule has 0 saturated heterocycles. The molecule has 0 amide bonds. The summed E-state index contributed by atoms with van der Waals surface area (Å²) in [5, 5.41) is 0. The second kappa shape index (κ2) is 10.8. The average Bonchev–Trinajstić information content (AvgIpc) is 2.68. The van der Waals surface area contributed by atoms with Gasteiger partial charge >= 0.3 is 15.9 Å². The van der Waals surface area contributed by atoms with E-state index in [1.165, 1.54) is 33.4 Å². The molecule has 0 spiro atoms. The fraction of sp³-hybridized carbons (Fsp3) is 0.667. The van der Waals surface area contributed by atoms with Crippen molar-refractivity contribution in [2.75, 3.05) is 0 Å². The van der Waals surface area contributed by atoms with Crippen LogP contribution in [0.5, 0.6) is 11.5 Å². The zero-order valence-electron chi connectivity index (χ0n) is 28.7. The minimum atomic E-state index is -0.770. The molecule has 2 aromatic carbocycles. The minimum Gasteiger partial charge on any atom is -0.615 e. The van der Waals surface area contributed by atoms with Gasteiger partial charge in [-0.2, -0.15) is 0 Å². The lowest BCUT2D eigenvalue weighted by Gasteiger charge is -2.35. The van der Waals surface area contributed by atoms with Crippen LogP contribution in [0.15, 0.2) is 24.3 Å². The molecule has 0 fully saturated rings. The highest BCUT2D eigenvalue weighted by molar-refractivity contribution is 6.21. The number of hydrogen-bond donors (Lipinski definition) is 0. The maximum atomic E-state index is 6.79. The van der Waals surface area contributed by atoms with E-state index in [0.29, 0.717) is 0 Å². The van der Waals surface area contributed by atoms with Gasteiger partial charge in [-0.3, -0.25) is 0 Å². The van der Waals surface area contributed by atoms with Crippen LogP contribution in [-0.4, -0.2) is 15.9 Å². The quantitative estimate of drug-likeness (QED) is 0.352. The molecule has 2 rings (SSSR count). The summed E-state index contributed by atoms with van der Waals surface area (Å²) in [4.78, 5) is 0. The minimum absolute atomic E-state index is 0. The van der Waals surface area contributed by atoms with Crippen molar-refractivity contribution in [3.8, 4) is 11.5 Å². The molecule has 0 aliphatic rings. The maximum Gasteiger partial charge on any atom is 0.881 e. The van der Waals surface area contributed by atoms with Crippen LogP contribution in [0.4, 0.5) is 0 Å². The first-order valence-electron chi connectivity index (χ1n) is 14.7. The summed E-state index contributed by atoms with van der Waals surface area (Å²) >= 11 is -0.770.